The van der Waals surface area contributed by atoms with Crippen LogP contribution in [0.15, 0.2) is 36.0 Å². The smallest absolute Gasteiger partial charge is 0.350 e. The van der Waals surface area contributed by atoms with E-state index < -0.39 is 17.7 Å². The molecule has 0 atom stereocenters. The summed E-state index contributed by atoms with van der Waals surface area (Å²) in [6, 6.07) is 7.58. The second-order valence-electron chi connectivity index (χ2n) is 7.41. The van der Waals surface area contributed by atoms with Gasteiger partial charge in [-0.3, -0.25) is 4.79 Å². The van der Waals surface area contributed by atoms with Gasteiger partial charge in [-0.2, -0.15) is 0 Å². The number of piperidine rings is 1. The SMILES string of the molecule is CCOC(=O)C1CCN(c2ccccc2NC=C2C(=O)OC(C)(C)OC2=O)CC1. The Kier molecular flexibility index (Phi) is 6.10. The Morgan fingerprint density at radius 1 is 1.21 bits per heavy atom. The average Bonchev–Trinajstić information content (AvgIpc) is 2.67. The van der Waals surface area contributed by atoms with Crippen molar-refractivity contribution in [2.45, 2.75) is 39.4 Å². The number of rotatable bonds is 5. The van der Waals surface area contributed by atoms with Gasteiger partial charge in [0.2, 0.25) is 0 Å². The number of hydrogen-bond donors (Lipinski definition) is 1. The van der Waals surface area contributed by atoms with Gasteiger partial charge in [-0.05, 0) is 31.9 Å². The van der Waals surface area contributed by atoms with Crippen LogP contribution in [0.1, 0.15) is 33.6 Å². The van der Waals surface area contributed by atoms with Gasteiger partial charge >= 0.3 is 17.9 Å². The first-order valence-electron chi connectivity index (χ1n) is 9.74. The first kappa shape index (κ1) is 20.7. The minimum atomic E-state index is -1.27. The second kappa shape index (κ2) is 8.55. The van der Waals surface area contributed by atoms with Crippen molar-refractivity contribution in [2.24, 2.45) is 5.92 Å². The lowest BCUT2D eigenvalue weighted by atomic mass is 9.96. The van der Waals surface area contributed by atoms with E-state index in [0.29, 0.717) is 32.5 Å². The number of hydrogen-bond acceptors (Lipinski definition) is 8. The van der Waals surface area contributed by atoms with Crippen LogP contribution in [0.3, 0.4) is 0 Å². The number of nitrogens with zero attached hydrogens (tertiary/aromatic N) is 1. The van der Waals surface area contributed by atoms with Gasteiger partial charge in [0, 0.05) is 33.1 Å². The molecule has 0 radical (unpaired) electrons. The molecule has 2 heterocycles. The number of carbonyl (C=O) groups is 3. The minimum absolute atomic E-state index is 0.0800. The van der Waals surface area contributed by atoms with Crippen molar-refractivity contribution in [3.05, 3.63) is 36.0 Å². The molecule has 1 aromatic rings. The van der Waals surface area contributed by atoms with Gasteiger partial charge in [0.1, 0.15) is 0 Å². The summed E-state index contributed by atoms with van der Waals surface area (Å²) in [5, 5.41) is 3.03. The maximum atomic E-state index is 12.1. The summed E-state index contributed by atoms with van der Waals surface area (Å²) in [5.74, 6) is -2.95. The molecule has 0 aromatic heterocycles. The van der Waals surface area contributed by atoms with E-state index >= 15 is 0 Å². The Bertz CT molecular complexity index is 802. The molecule has 1 aromatic carbocycles. The quantitative estimate of drug-likeness (QED) is 0.456. The number of anilines is 2. The van der Waals surface area contributed by atoms with Crippen molar-refractivity contribution in [1.82, 2.24) is 0 Å². The van der Waals surface area contributed by atoms with Crippen molar-refractivity contribution >= 4 is 29.3 Å². The summed E-state index contributed by atoms with van der Waals surface area (Å²) in [6.07, 6.45) is 2.73. The van der Waals surface area contributed by atoms with Crippen LogP contribution in [0.2, 0.25) is 0 Å². The highest BCUT2D eigenvalue weighted by Gasteiger charge is 2.39. The van der Waals surface area contributed by atoms with Crippen LogP contribution >= 0.6 is 0 Å². The Morgan fingerprint density at radius 2 is 1.83 bits per heavy atom. The zero-order valence-electron chi connectivity index (χ0n) is 16.9. The van der Waals surface area contributed by atoms with Gasteiger partial charge in [-0.25, -0.2) is 9.59 Å². The lowest BCUT2D eigenvalue weighted by molar-refractivity contribution is -0.222. The Hall–Kier alpha value is -3.03. The van der Waals surface area contributed by atoms with E-state index in [2.05, 4.69) is 10.2 Å². The van der Waals surface area contributed by atoms with Gasteiger partial charge in [0.15, 0.2) is 5.57 Å². The maximum Gasteiger partial charge on any atom is 0.350 e. The van der Waals surface area contributed by atoms with E-state index in [1.54, 1.807) is 0 Å². The molecule has 0 aliphatic carbocycles. The predicted octanol–water partition coefficient (Wildman–Crippen LogP) is 2.60. The van der Waals surface area contributed by atoms with Crippen molar-refractivity contribution in [3.8, 4) is 0 Å². The third kappa shape index (κ3) is 4.88. The van der Waals surface area contributed by atoms with Crippen molar-refractivity contribution < 1.29 is 28.6 Å². The first-order valence-corrected chi connectivity index (χ1v) is 9.74. The number of benzene rings is 1. The van der Waals surface area contributed by atoms with Crippen molar-refractivity contribution in [3.63, 3.8) is 0 Å². The third-order valence-corrected chi connectivity index (χ3v) is 4.85. The number of para-hydroxylation sites is 2. The molecule has 2 aliphatic rings. The predicted molar refractivity (Wildman–Crippen MR) is 106 cm³/mol. The zero-order chi connectivity index (χ0) is 21.0. The van der Waals surface area contributed by atoms with E-state index in [1.807, 2.05) is 31.2 Å². The molecule has 156 valence electrons. The summed E-state index contributed by atoms with van der Waals surface area (Å²) in [6.45, 7) is 6.61. The highest BCUT2D eigenvalue weighted by Crippen LogP contribution is 2.31. The lowest BCUT2D eigenvalue weighted by Gasteiger charge is -2.33. The first-order chi connectivity index (χ1) is 13.8. The Balaban J connectivity index is 1.70. The second-order valence-corrected chi connectivity index (χ2v) is 7.41. The van der Waals surface area contributed by atoms with Gasteiger partial charge in [-0.15, -0.1) is 0 Å². The highest BCUT2D eigenvalue weighted by molar-refractivity contribution is 6.15. The number of ether oxygens (including phenoxy) is 3. The molecule has 0 saturated carbocycles. The molecule has 8 nitrogen and oxygen atoms in total. The fourth-order valence-corrected chi connectivity index (χ4v) is 3.42. The Morgan fingerprint density at radius 3 is 2.45 bits per heavy atom. The number of nitrogens with one attached hydrogen (secondary N) is 1. The van der Waals surface area contributed by atoms with Crippen molar-refractivity contribution in [1.29, 1.82) is 0 Å². The number of carbonyl (C=O) groups excluding carboxylic acids is 3. The number of esters is 3. The van der Waals surface area contributed by atoms with Crippen LogP contribution in [-0.2, 0) is 28.6 Å². The standard InChI is InChI=1S/C21H26N2O6/c1-4-27-18(24)14-9-11-23(12-10-14)17-8-6-5-7-16(17)22-13-15-19(25)28-21(2,3)29-20(15)26/h5-8,13-14,22H,4,9-12H2,1-3H3. The largest absolute Gasteiger partial charge is 0.466 e. The molecule has 0 amide bonds. The summed E-state index contributed by atoms with van der Waals surface area (Å²) in [4.78, 5) is 38.3. The lowest BCUT2D eigenvalue weighted by Crippen LogP contribution is -2.42. The molecule has 0 unspecified atom stereocenters. The monoisotopic (exact) mass is 402 g/mol. The van der Waals surface area contributed by atoms with Crippen LogP contribution < -0.4 is 10.2 Å². The molecule has 2 aliphatic heterocycles. The molecule has 0 bridgehead atoms. The van der Waals surface area contributed by atoms with Crippen LogP contribution in [0.5, 0.6) is 0 Å². The molecule has 29 heavy (non-hydrogen) atoms. The van der Waals surface area contributed by atoms with E-state index in [4.69, 9.17) is 14.2 Å². The van der Waals surface area contributed by atoms with Crippen LogP contribution in [0.25, 0.3) is 0 Å². The summed E-state index contributed by atoms with van der Waals surface area (Å²) < 4.78 is 15.3. The molecule has 8 heteroatoms. The van der Waals surface area contributed by atoms with E-state index in [9.17, 15) is 14.4 Å². The van der Waals surface area contributed by atoms with Gasteiger partial charge in [0.05, 0.1) is 23.9 Å². The number of cyclic esters (lactones) is 2. The Labute approximate surface area is 169 Å². The molecule has 1 N–H and O–H groups in total. The normalized spacial score (nSPS) is 19.3. The van der Waals surface area contributed by atoms with Crippen LogP contribution in [-0.4, -0.2) is 43.4 Å². The molecule has 2 saturated heterocycles. The zero-order valence-corrected chi connectivity index (χ0v) is 16.9. The third-order valence-electron chi connectivity index (χ3n) is 4.85. The van der Waals surface area contributed by atoms with Crippen LogP contribution in [0.4, 0.5) is 11.4 Å². The molecule has 2 fully saturated rings. The van der Waals surface area contributed by atoms with Gasteiger partial charge in [0.25, 0.3) is 5.79 Å². The summed E-state index contributed by atoms with van der Waals surface area (Å²) in [7, 11) is 0. The van der Waals surface area contributed by atoms with Crippen LogP contribution in [0, 0.1) is 5.92 Å². The topological polar surface area (TPSA) is 94.2 Å². The fraction of sp³-hybridized carbons (Fsp3) is 0.476. The van der Waals surface area contributed by atoms with E-state index in [-0.39, 0.29) is 17.5 Å². The maximum absolute atomic E-state index is 12.1. The average molecular weight is 402 g/mol. The summed E-state index contributed by atoms with van der Waals surface area (Å²) in [5.41, 5.74) is 1.46. The molecular weight excluding hydrogens is 376 g/mol. The highest BCUT2D eigenvalue weighted by atomic mass is 16.7. The molecule has 0 spiro atoms. The minimum Gasteiger partial charge on any atom is -0.466 e. The molecule has 3 rings (SSSR count). The van der Waals surface area contributed by atoms with Gasteiger partial charge in [-0.1, -0.05) is 12.1 Å². The van der Waals surface area contributed by atoms with Gasteiger partial charge < -0.3 is 24.4 Å². The summed E-state index contributed by atoms with van der Waals surface area (Å²) >= 11 is 0. The molecular formula is C21H26N2O6. The van der Waals surface area contributed by atoms with Crippen molar-refractivity contribution in [2.75, 3.05) is 29.9 Å². The van der Waals surface area contributed by atoms with E-state index in [0.717, 1.165) is 11.4 Å². The van der Waals surface area contributed by atoms with E-state index in [1.165, 1.54) is 20.0 Å². The fourth-order valence-electron chi connectivity index (χ4n) is 3.42.